The van der Waals surface area contributed by atoms with Crippen molar-refractivity contribution in [2.24, 2.45) is 5.92 Å². The normalized spacial score (nSPS) is 14.4. The summed E-state index contributed by atoms with van der Waals surface area (Å²) in [6.45, 7) is 0.901. The fourth-order valence-electron chi connectivity index (χ4n) is 2.56. The van der Waals surface area contributed by atoms with Crippen molar-refractivity contribution < 1.29 is 9.59 Å². The van der Waals surface area contributed by atoms with Crippen LogP contribution in [0.25, 0.3) is 5.65 Å². The Bertz CT molecular complexity index is 741. The SMILES string of the molecule is O=C(CCNC(=O)C1CCC1)NCCc1cnc2c(Cl)cnn2c1. The minimum atomic E-state index is -0.0694. The maximum Gasteiger partial charge on any atom is 0.223 e. The lowest BCUT2D eigenvalue weighted by molar-refractivity contribution is -0.127. The molecule has 0 saturated heterocycles. The van der Waals surface area contributed by atoms with E-state index >= 15 is 0 Å². The summed E-state index contributed by atoms with van der Waals surface area (Å²) in [6, 6.07) is 0. The number of hydrogen-bond acceptors (Lipinski definition) is 4. The number of rotatable bonds is 7. The third kappa shape index (κ3) is 4.03. The molecule has 1 fully saturated rings. The topological polar surface area (TPSA) is 88.4 Å². The zero-order valence-electron chi connectivity index (χ0n) is 13.3. The largest absolute Gasteiger partial charge is 0.356 e. The maximum atomic E-state index is 11.8. The molecule has 1 aliphatic rings. The van der Waals surface area contributed by atoms with Gasteiger partial charge in [-0.2, -0.15) is 5.10 Å². The molecule has 2 aromatic heterocycles. The Morgan fingerprint density at radius 2 is 2.08 bits per heavy atom. The van der Waals surface area contributed by atoms with Crippen molar-refractivity contribution in [1.29, 1.82) is 0 Å². The Hall–Kier alpha value is -2.15. The van der Waals surface area contributed by atoms with Crippen molar-refractivity contribution in [1.82, 2.24) is 25.2 Å². The van der Waals surface area contributed by atoms with Crippen LogP contribution in [0.15, 0.2) is 18.6 Å². The van der Waals surface area contributed by atoms with Crippen LogP contribution in [0.4, 0.5) is 0 Å². The molecule has 0 radical (unpaired) electrons. The number of nitrogens with zero attached hydrogens (tertiary/aromatic N) is 3. The Kier molecular flexibility index (Phi) is 5.30. The molecule has 128 valence electrons. The van der Waals surface area contributed by atoms with E-state index in [1.165, 1.54) is 0 Å². The lowest BCUT2D eigenvalue weighted by Crippen LogP contribution is -2.37. The van der Waals surface area contributed by atoms with E-state index in [-0.39, 0.29) is 17.7 Å². The van der Waals surface area contributed by atoms with Crippen molar-refractivity contribution in [2.45, 2.75) is 32.1 Å². The standard InChI is InChI=1S/C16H20ClN5O2/c17-13-9-21-22-10-11(8-20-15(13)22)4-6-18-14(23)5-7-19-16(24)12-2-1-3-12/h8-10,12H,1-7H2,(H,18,23)(H,19,24). The number of carbonyl (C=O) groups is 2. The second-order valence-electron chi connectivity index (χ2n) is 5.99. The van der Waals surface area contributed by atoms with E-state index in [1.54, 1.807) is 16.9 Å². The van der Waals surface area contributed by atoms with Crippen LogP contribution in [-0.4, -0.2) is 39.5 Å². The van der Waals surface area contributed by atoms with Gasteiger partial charge in [0.25, 0.3) is 0 Å². The molecule has 1 aliphatic carbocycles. The number of aromatic nitrogens is 3. The number of carbonyl (C=O) groups excluding carboxylic acids is 2. The third-order valence-electron chi connectivity index (χ3n) is 4.23. The summed E-state index contributed by atoms with van der Waals surface area (Å²) in [5.74, 6) is 0.165. The van der Waals surface area contributed by atoms with Crippen molar-refractivity contribution in [3.05, 3.63) is 29.2 Å². The fraction of sp³-hybridized carbons (Fsp3) is 0.500. The Morgan fingerprint density at radius 1 is 1.25 bits per heavy atom. The Morgan fingerprint density at radius 3 is 2.83 bits per heavy atom. The van der Waals surface area contributed by atoms with Gasteiger partial charge in [-0.15, -0.1) is 0 Å². The van der Waals surface area contributed by atoms with Gasteiger partial charge in [0.05, 0.1) is 6.20 Å². The lowest BCUT2D eigenvalue weighted by Gasteiger charge is -2.23. The first-order valence-corrected chi connectivity index (χ1v) is 8.53. The van der Waals surface area contributed by atoms with E-state index in [2.05, 4.69) is 20.7 Å². The van der Waals surface area contributed by atoms with Gasteiger partial charge in [0, 0.05) is 37.8 Å². The van der Waals surface area contributed by atoms with Crippen LogP contribution >= 0.6 is 11.6 Å². The highest BCUT2D eigenvalue weighted by atomic mass is 35.5. The first-order valence-electron chi connectivity index (χ1n) is 8.15. The van der Waals surface area contributed by atoms with E-state index in [9.17, 15) is 9.59 Å². The first kappa shape index (κ1) is 16.7. The quantitative estimate of drug-likeness (QED) is 0.789. The molecule has 0 aliphatic heterocycles. The summed E-state index contributed by atoms with van der Waals surface area (Å²) in [5.41, 5.74) is 1.58. The summed E-state index contributed by atoms with van der Waals surface area (Å²) >= 11 is 5.94. The molecule has 1 saturated carbocycles. The van der Waals surface area contributed by atoms with Crippen LogP contribution < -0.4 is 10.6 Å². The summed E-state index contributed by atoms with van der Waals surface area (Å²) < 4.78 is 1.62. The molecule has 0 bridgehead atoms. The van der Waals surface area contributed by atoms with E-state index < -0.39 is 0 Å². The van der Waals surface area contributed by atoms with Gasteiger partial charge in [0.15, 0.2) is 5.65 Å². The highest BCUT2D eigenvalue weighted by Gasteiger charge is 2.24. The van der Waals surface area contributed by atoms with Crippen LogP contribution in [0.5, 0.6) is 0 Å². The van der Waals surface area contributed by atoms with Crippen LogP contribution in [0, 0.1) is 5.92 Å². The van der Waals surface area contributed by atoms with E-state index in [0.29, 0.717) is 36.6 Å². The molecule has 0 aromatic carbocycles. The predicted octanol–water partition coefficient (Wildman–Crippen LogP) is 1.35. The number of amides is 2. The number of fused-ring (bicyclic) bond motifs is 1. The predicted molar refractivity (Wildman–Crippen MR) is 89.7 cm³/mol. The second-order valence-corrected chi connectivity index (χ2v) is 6.40. The zero-order chi connectivity index (χ0) is 16.9. The molecule has 0 spiro atoms. The second kappa shape index (κ2) is 7.61. The zero-order valence-corrected chi connectivity index (χ0v) is 14.1. The van der Waals surface area contributed by atoms with Gasteiger partial charge in [0.1, 0.15) is 5.02 Å². The fourth-order valence-corrected chi connectivity index (χ4v) is 2.74. The monoisotopic (exact) mass is 349 g/mol. The van der Waals surface area contributed by atoms with Crippen molar-refractivity contribution in [3.8, 4) is 0 Å². The van der Waals surface area contributed by atoms with E-state index in [1.807, 2.05) is 6.20 Å². The van der Waals surface area contributed by atoms with Crippen LogP contribution in [0.1, 0.15) is 31.2 Å². The molecule has 2 N–H and O–H groups in total. The molecule has 2 heterocycles. The molecule has 24 heavy (non-hydrogen) atoms. The van der Waals surface area contributed by atoms with Crippen molar-refractivity contribution in [2.75, 3.05) is 13.1 Å². The maximum absolute atomic E-state index is 11.8. The highest BCUT2D eigenvalue weighted by Crippen LogP contribution is 2.26. The first-order chi connectivity index (χ1) is 11.6. The van der Waals surface area contributed by atoms with Gasteiger partial charge in [-0.1, -0.05) is 18.0 Å². The smallest absolute Gasteiger partial charge is 0.223 e. The summed E-state index contributed by atoms with van der Waals surface area (Å²) in [5, 5.41) is 10.3. The van der Waals surface area contributed by atoms with Gasteiger partial charge < -0.3 is 10.6 Å². The summed E-state index contributed by atoms with van der Waals surface area (Å²) in [7, 11) is 0. The van der Waals surface area contributed by atoms with Crippen LogP contribution in [-0.2, 0) is 16.0 Å². The van der Waals surface area contributed by atoms with Gasteiger partial charge >= 0.3 is 0 Å². The third-order valence-corrected chi connectivity index (χ3v) is 4.50. The minimum Gasteiger partial charge on any atom is -0.356 e. The van der Waals surface area contributed by atoms with Crippen LogP contribution in [0.2, 0.25) is 5.02 Å². The summed E-state index contributed by atoms with van der Waals surface area (Å²) in [6.07, 6.45) is 9.14. The van der Waals surface area contributed by atoms with Gasteiger partial charge in [-0.25, -0.2) is 9.50 Å². The van der Waals surface area contributed by atoms with E-state index in [4.69, 9.17) is 11.6 Å². The van der Waals surface area contributed by atoms with Gasteiger partial charge in [-0.3, -0.25) is 9.59 Å². The average Bonchev–Trinajstić information content (AvgIpc) is 2.86. The highest BCUT2D eigenvalue weighted by molar-refractivity contribution is 6.33. The Balaban J connectivity index is 1.35. The molecule has 3 rings (SSSR count). The summed E-state index contributed by atoms with van der Waals surface area (Å²) in [4.78, 5) is 27.7. The molecular formula is C16H20ClN5O2. The van der Waals surface area contributed by atoms with Crippen LogP contribution in [0.3, 0.4) is 0 Å². The molecular weight excluding hydrogens is 330 g/mol. The number of halogens is 1. The molecule has 0 unspecified atom stereocenters. The van der Waals surface area contributed by atoms with Gasteiger partial charge in [0.2, 0.25) is 11.8 Å². The lowest BCUT2D eigenvalue weighted by atomic mass is 9.85. The average molecular weight is 350 g/mol. The molecule has 7 nitrogen and oxygen atoms in total. The molecule has 8 heteroatoms. The van der Waals surface area contributed by atoms with Crippen molar-refractivity contribution >= 4 is 29.1 Å². The molecule has 0 atom stereocenters. The Labute approximate surface area is 144 Å². The number of nitrogens with one attached hydrogen (secondary N) is 2. The minimum absolute atomic E-state index is 0.0694. The number of hydrogen-bond donors (Lipinski definition) is 2. The van der Waals surface area contributed by atoms with Crippen molar-refractivity contribution in [3.63, 3.8) is 0 Å². The van der Waals surface area contributed by atoms with Gasteiger partial charge in [-0.05, 0) is 24.8 Å². The molecule has 2 aromatic rings. The molecule has 2 amide bonds. The van der Waals surface area contributed by atoms with E-state index in [0.717, 1.165) is 24.8 Å².